The van der Waals surface area contributed by atoms with Gasteiger partial charge in [0.15, 0.2) is 0 Å². The first kappa shape index (κ1) is 14.7. The summed E-state index contributed by atoms with van der Waals surface area (Å²) in [6.07, 6.45) is 1.58. The van der Waals surface area contributed by atoms with E-state index in [0.717, 1.165) is 5.56 Å². The average Bonchev–Trinajstić information content (AvgIpc) is 2.48. The number of benzene rings is 1. The van der Waals surface area contributed by atoms with E-state index in [2.05, 4.69) is 4.98 Å². The van der Waals surface area contributed by atoms with Gasteiger partial charge in [-0.3, -0.25) is 10.1 Å². The zero-order valence-corrected chi connectivity index (χ0v) is 11.6. The molecule has 0 amide bonds. The van der Waals surface area contributed by atoms with Gasteiger partial charge in [0.2, 0.25) is 11.6 Å². The number of nitrogens with two attached hydrogens (primary N) is 1. The zero-order chi connectivity index (χ0) is 15.4. The fourth-order valence-corrected chi connectivity index (χ4v) is 1.69. The van der Waals surface area contributed by atoms with Gasteiger partial charge in [-0.25, -0.2) is 4.98 Å². The summed E-state index contributed by atoms with van der Waals surface area (Å²) in [7, 11) is 1.44. The Kier molecular flexibility index (Phi) is 4.34. The van der Waals surface area contributed by atoms with Crippen LogP contribution in [0.1, 0.15) is 18.5 Å². The number of nitrogens with zero attached hydrogens (tertiary/aromatic N) is 2. The van der Waals surface area contributed by atoms with Crippen LogP contribution in [0.3, 0.4) is 0 Å². The van der Waals surface area contributed by atoms with Crippen LogP contribution < -0.4 is 15.2 Å². The van der Waals surface area contributed by atoms with Gasteiger partial charge in [0.1, 0.15) is 5.75 Å². The highest BCUT2D eigenvalue weighted by atomic mass is 16.6. The molecule has 0 aliphatic rings. The molecule has 0 bridgehead atoms. The molecule has 0 radical (unpaired) electrons. The number of hydrogen-bond acceptors (Lipinski definition) is 6. The summed E-state index contributed by atoms with van der Waals surface area (Å²) >= 11 is 0. The van der Waals surface area contributed by atoms with Gasteiger partial charge in [0, 0.05) is 18.3 Å². The molecule has 0 saturated heterocycles. The number of ether oxygens (including phenoxy) is 2. The number of nitro benzene ring substituents is 1. The van der Waals surface area contributed by atoms with Crippen molar-refractivity contribution in [2.45, 2.75) is 13.0 Å². The zero-order valence-electron chi connectivity index (χ0n) is 11.6. The average molecular weight is 289 g/mol. The van der Waals surface area contributed by atoms with Crippen molar-refractivity contribution in [2.75, 3.05) is 7.11 Å². The molecule has 21 heavy (non-hydrogen) atoms. The van der Waals surface area contributed by atoms with Crippen LogP contribution in [0.25, 0.3) is 0 Å². The van der Waals surface area contributed by atoms with Crippen LogP contribution in [0.5, 0.6) is 17.4 Å². The lowest BCUT2D eigenvalue weighted by Gasteiger charge is -2.08. The topological polar surface area (TPSA) is 101 Å². The first-order valence-electron chi connectivity index (χ1n) is 6.23. The third kappa shape index (κ3) is 3.46. The first-order valence-corrected chi connectivity index (χ1v) is 6.23. The number of rotatable bonds is 5. The van der Waals surface area contributed by atoms with Crippen molar-refractivity contribution in [2.24, 2.45) is 5.73 Å². The van der Waals surface area contributed by atoms with E-state index in [1.54, 1.807) is 24.4 Å². The molecule has 0 unspecified atom stereocenters. The molecule has 1 aromatic heterocycles. The molecule has 0 aliphatic carbocycles. The van der Waals surface area contributed by atoms with Gasteiger partial charge in [-0.2, -0.15) is 0 Å². The standard InChI is InChI=1S/C14H15N3O4/c1-9(15)10-3-6-14(16-8-10)21-13-5-4-11(20-2)7-12(13)17(18)19/h3-9H,15H2,1-2H3/t9-/m1/s1. The fourth-order valence-electron chi connectivity index (χ4n) is 1.69. The Balaban J connectivity index is 2.28. The molecule has 0 aliphatic heterocycles. The highest BCUT2D eigenvalue weighted by molar-refractivity contribution is 5.52. The van der Waals surface area contributed by atoms with Crippen molar-refractivity contribution in [3.63, 3.8) is 0 Å². The Hall–Kier alpha value is -2.67. The summed E-state index contributed by atoms with van der Waals surface area (Å²) in [6, 6.07) is 7.60. The van der Waals surface area contributed by atoms with E-state index in [0.29, 0.717) is 5.75 Å². The van der Waals surface area contributed by atoms with E-state index in [1.165, 1.54) is 19.2 Å². The molecule has 0 saturated carbocycles. The molecule has 1 heterocycles. The minimum atomic E-state index is -0.534. The summed E-state index contributed by atoms with van der Waals surface area (Å²) < 4.78 is 10.4. The Labute approximate surface area is 121 Å². The maximum Gasteiger partial charge on any atom is 0.315 e. The van der Waals surface area contributed by atoms with Gasteiger partial charge in [0.05, 0.1) is 18.1 Å². The first-order chi connectivity index (χ1) is 10.0. The second kappa shape index (κ2) is 6.19. The number of methoxy groups -OCH3 is 1. The Morgan fingerprint density at radius 2 is 2.10 bits per heavy atom. The second-order valence-corrected chi connectivity index (χ2v) is 4.41. The molecule has 7 nitrogen and oxygen atoms in total. The molecule has 110 valence electrons. The molecule has 1 atom stereocenters. The van der Waals surface area contributed by atoms with Gasteiger partial charge in [-0.1, -0.05) is 6.07 Å². The van der Waals surface area contributed by atoms with E-state index < -0.39 is 4.92 Å². The van der Waals surface area contributed by atoms with Crippen LogP contribution in [0.15, 0.2) is 36.5 Å². The van der Waals surface area contributed by atoms with E-state index in [4.69, 9.17) is 15.2 Å². The van der Waals surface area contributed by atoms with E-state index in [1.807, 2.05) is 6.92 Å². The van der Waals surface area contributed by atoms with Crippen LogP contribution in [0.4, 0.5) is 5.69 Å². The lowest BCUT2D eigenvalue weighted by Crippen LogP contribution is -2.05. The Bertz CT molecular complexity index is 641. The highest BCUT2D eigenvalue weighted by Gasteiger charge is 2.17. The molecule has 0 spiro atoms. The van der Waals surface area contributed by atoms with E-state index in [-0.39, 0.29) is 23.4 Å². The van der Waals surface area contributed by atoms with E-state index in [9.17, 15) is 10.1 Å². The number of hydrogen-bond donors (Lipinski definition) is 1. The summed E-state index contributed by atoms with van der Waals surface area (Å²) in [5, 5.41) is 11.1. The van der Waals surface area contributed by atoms with Crippen LogP contribution in [0.2, 0.25) is 0 Å². The lowest BCUT2D eigenvalue weighted by atomic mass is 10.2. The van der Waals surface area contributed by atoms with E-state index >= 15 is 0 Å². The van der Waals surface area contributed by atoms with Crippen molar-refractivity contribution in [1.29, 1.82) is 0 Å². The summed E-state index contributed by atoms with van der Waals surface area (Å²) in [5.74, 6) is 0.740. The number of nitro groups is 1. The van der Waals surface area contributed by atoms with Crippen molar-refractivity contribution < 1.29 is 14.4 Å². The second-order valence-electron chi connectivity index (χ2n) is 4.41. The maximum atomic E-state index is 11.1. The normalized spacial score (nSPS) is 11.8. The fraction of sp³-hybridized carbons (Fsp3) is 0.214. The molecule has 2 N–H and O–H groups in total. The predicted octanol–water partition coefficient (Wildman–Crippen LogP) is 2.81. The van der Waals surface area contributed by atoms with Crippen LogP contribution in [-0.4, -0.2) is 17.0 Å². The Morgan fingerprint density at radius 1 is 1.33 bits per heavy atom. The van der Waals surface area contributed by atoms with Crippen molar-refractivity contribution in [1.82, 2.24) is 4.98 Å². The smallest absolute Gasteiger partial charge is 0.315 e. The minimum Gasteiger partial charge on any atom is -0.496 e. The molecule has 1 aromatic carbocycles. The molecule has 7 heteroatoms. The third-order valence-electron chi connectivity index (χ3n) is 2.86. The summed E-state index contributed by atoms with van der Waals surface area (Å²) in [6.45, 7) is 1.84. The third-order valence-corrected chi connectivity index (χ3v) is 2.86. The van der Waals surface area contributed by atoms with Crippen LogP contribution in [-0.2, 0) is 0 Å². The molecule has 0 fully saturated rings. The molecule has 2 rings (SSSR count). The van der Waals surface area contributed by atoms with Gasteiger partial charge in [0.25, 0.3) is 0 Å². The highest BCUT2D eigenvalue weighted by Crippen LogP contribution is 2.33. The van der Waals surface area contributed by atoms with Crippen molar-refractivity contribution in [3.05, 3.63) is 52.2 Å². The molecular formula is C14H15N3O4. The lowest BCUT2D eigenvalue weighted by molar-refractivity contribution is -0.385. The van der Waals surface area contributed by atoms with Crippen LogP contribution in [0, 0.1) is 10.1 Å². The van der Waals surface area contributed by atoms with Crippen molar-refractivity contribution >= 4 is 5.69 Å². The van der Waals surface area contributed by atoms with Gasteiger partial charge < -0.3 is 15.2 Å². The largest absolute Gasteiger partial charge is 0.496 e. The van der Waals surface area contributed by atoms with Crippen LogP contribution >= 0.6 is 0 Å². The number of pyridine rings is 1. The van der Waals surface area contributed by atoms with Gasteiger partial charge in [-0.15, -0.1) is 0 Å². The van der Waals surface area contributed by atoms with Gasteiger partial charge in [-0.05, 0) is 24.6 Å². The summed E-state index contributed by atoms with van der Waals surface area (Å²) in [5.41, 5.74) is 6.39. The van der Waals surface area contributed by atoms with Gasteiger partial charge >= 0.3 is 5.69 Å². The predicted molar refractivity (Wildman–Crippen MR) is 76.6 cm³/mol. The number of aromatic nitrogens is 1. The maximum absolute atomic E-state index is 11.1. The summed E-state index contributed by atoms with van der Waals surface area (Å²) in [4.78, 5) is 14.6. The quantitative estimate of drug-likeness (QED) is 0.671. The SMILES string of the molecule is COc1ccc(Oc2ccc([C@@H](C)N)cn2)c([N+](=O)[O-])c1. The minimum absolute atomic E-state index is 0.0989. The Morgan fingerprint density at radius 3 is 2.62 bits per heavy atom. The van der Waals surface area contributed by atoms with Crippen molar-refractivity contribution in [3.8, 4) is 17.4 Å². The molecular weight excluding hydrogens is 274 g/mol. The molecule has 2 aromatic rings. The monoisotopic (exact) mass is 289 g/mol.